The van der Waals surface area contributed by atoms with Gasteiger partial charge in [-0.1, -0.05) is 18.2 Å². The van der Waals surface area contributed by atoms with Crippen LogP contribution in [0, 0.1) is 0 Å². The SMILES string of the molecule is COCCNC(=O)CN(C)c1ccccc1[C@H](C)O. The first-order valence-corrected chi connectivity index (χ1v) is 6.30. The second-order valence-electron chi connectivity index (χ2n) is 4.43. The number of aliphatic hydroxyl groups excluding tert-OH is 1. The van der Waals surface area contributed by atoms with Crippen molar-refractivity contribution in [3.8, 4) is 0 Å². The predicted molar refractivity (Wildman–Crippen MR) is 75.2 cm³/mol. The van der Waals surface area contributed by atoms with Crippen molar-refractivity contribution in [1.82, 2.24) is 5.32 Å². The van der Waals surface area contributed by atoms with Crippen LogP contribution in [0.4, 0.5) is 5.69 Å². The molecule has 1 rings (SSSR count). The topological polar surface area (TPSA) is 61.8 Å². The maximum Gasteiger partial charge on any atom is 0.239 e. The van der Waals surface area contributed by atoms with Crippen molar-refractivity contribution in [2.75, 3.05) is 38.8 Å². The number of nitrogens with zero attached hydrogens (tertiary/aromatic N) is 1. The Hall–Kier alpha value is -1.59. The molecule has 0 bridgehead atoms. The normalized spacial score (nSPS) is 12.0. The minimum Gasteiger partial charge on any atom is -0.389 e. The van der Waals surface area contributed by atoms with Crippen LogP contribution in [0.25, 0.3) is 0 Å². The summed E-state index contributed by atoms with van der Waals surface area (Å²) in [7, 11) is 3.42. The molecular weight excluding hydrogens is 244 g/mol. The van der Waals surface area contributed by atoms with Crippen molar-refractivity contribution >= 4 is 11.6 Å². The molecule has 0 saturated heterocycles. The van der Waals surface area contributed by atoms with E-state index in [4.69, 9.17) is 4.74 Å². The molecular formula is C14H22N2O3. The zero-order valence-electron chi connectivity index (χ0n) is 11.7. The van der Waals surface area contributed by atoms with E-state index in [0.29, 0.717) is 13.2 Å². The average Bonchev–Trinajstić information content (AvgIpc) is 2.39. The summed E-state index contributed by atoms with van der Waals surface area (Å²) < 4.78 is 4.87. The number of carbonyl (C=O) groups is 1. The smallest absolute Gasteiger partial charge is 0.239 e. The molecule has 1 amide bonds. The molecule has 2 N–H and O–H groups in total. The Balaban J connectivity index is 2.62. The fourth-order valence-corrected chi connectivity index (χ4v) is 1.84. The number of para-hydroxylation sites is 1. The maximum atomic E-state index is 11.7. The van der Waals surface area contributed by atoms with Crippen molar-refractivity contribution < 1.29 is 14.6 Å². The quantitative estimate of drug-likeness (QED) is 0.721. The summed E-state index contributed by atoms with van der Waals surface area (Å²) in [5.74, 6) is -0.0695. The van der Waals surface area contributed by atoms with Crippen LogP contribution in [0.3, 0.4) is 0 Å². The summed E-state index contributed by atoms with van der Waals surface area (Å²) in [6.45, 7) is 2.96. The van der Waals surface area contributed by atoms with Gasteiger partial charge in [0.2, 0.25) is 5.91 Å². The van der Waals surface area contributed by atoms with Crippen LogP contribution in [0.1, 0.15) is 18.6 Å². The molecule has 0 unspecified atom stereocenters. The largest absolute Gasteiger partial charge is 0.389 e. The van der Waals surface area contributed by atoms with Crippen molar-refractivity contribution in [1.29, 1.82) is 0 Å². The number of aliphatic hydroxyl groups is 1. The van der Waals surface area contributed by atoms with Crippen LogP contribution < -0.4 is 10.2 Å². The molecule has 0 aromatic heterocycles. The van der Waals surface area contributed by atoms with E-state index >= 15 is 0 Å². The lowest BCUT2D eigenvalue weighted by atomic mass is 10.1. The number of rotatable bonds is 7. The highest BCUT2D eigenvalue weighted by Gasteiger charge is 2.13. The highest BCUT2D eigenvalue weighted by Crippen LogP contribution is 2.24. The van der Waals surface area contributed by atoms with Gasteiger partial charge in [0.1, 0.15) is 0 Å². The summed E-state index contributed by atoms with van der Waals surface area (Å²) in [5, 5.41) is 12.5. The van der Waals surface area contributed by atoms with Gasteiger partial charge in [-0.15, -0.1) is 0 Å². The van der Waals surface area contributed by atoms with E-state index in [1.54, 1.807) is 14.0 Å². The fourth-order valence-electron chi connectivity index (χ4n) is 1.84. The van der Waals surface area contributed by atoms with Gasteiger partial charge in [0.15, 0.2) is 0 Å². The highest BCUT2D eigenvalue weighted by molar-refractivity contribution is 5.81. The Morgan fingerprint density at radius 1 is 1.47 bits per heavy atom. The Labute approximate surface area is 114 Å². The van der Waals surface area contributed by atoms with Gasteiger partial charge in [-0.3, -0.25) is 4.79 Å². The molecule has 0 radical (unpaired) electrons. The molecule has 0 aliphatic rings. The van der Waals surface area contributed by atoms with Crippen LogP contribution in [0.5, 0.6) is 0 Å². The van der Waals surface area contributed by atoms with Gasteiger partial charge in [0.25, 0.3) is 0 Å². The standard InChI is InChI=1S/C14H22N2O3/c1-11(17)12-6-4-5-7-13(12)16(2)10-14(18)15-8-9-19-3/h4-7,11,17H,8-10H2,1-3H3,(H,15,18)/t11-/m0/s1. The lowest BCUT2D eigenvalue weighted by molar-refractivity contribution is -0.119. The second kappa shape index (κ2) is 7.76. The van der Waals surface area contributed by atoms with Crippen molar-refractivity contribution in [3.05, 3.63) is 29.8 Å². The van der Waals surface area contributed by atoms with Gasteiger partial charge in [-0.2, -0.15) is 0 Å². The number of nitrogens with one attached hydrogen (secondary N) is 1. The molecule has 5 nitrogen and oxygen atoms in total. The van der Waals surface area contributed by atoms with E-state index in [2.05, 4.69) is 5.32 Å². The lowest BCUT2D eigenvalue weighted by Crippen LogP contribution is -2.37. The van der Waals surface area contributed by atoms with E-state index in [0.717, 1.165) is 11.3 Å². The third-order valence-electron chi connectivity index (χ3n) is 2.81. The number of benzene rings is 1. The number of hydrogen-bond acceptors (Lipinski definition) is 4. The molecule has 0 heterocycles. The van der Waals surface area contributed by atoms with E-state index in [1.807, 2.05) is 36.2 Å². The number of carbonyl (C=O) groups excluding carboxylic acids is 1. The molecule has 1 aromatic carbocycles. The zero-order chi connectivity index (χ0) is 14.3. The molecule has 0 aliphatic carbocycles. The first-order valence-electron chi connectivity index (χ1n) is 6.30. The van der Waals surface area contributed by atoms with Crippen molar-refractivity contribution in [2.45, 2.75) is 13.0 Å². The molecule has 0 spiro atoms. The van der Waals surface area contributed by atoms with E-state index in [1.165, 1.54) is 0 Å². The van der Waals surface area contributed by atoms with Gasteiger partial charge in [-0.05, 0) is 13.0 Å². The van der Waals surface area contributed by atoms with Crippen LogP contribution >= 0.6 is 0 Å². The molecule has 1 atom stereocenters. The van der Waals surface area contributed by atoms with Crippen LogP contribution in [-0.2, 0) is 9.53 Å². The number of hydrogen-bond donors (Lipinski definition) is 2. The van der Waals surface area contributed by atoms with Crippen LogP contribution in [-0.4, -0.2) is 44.9 Å². The Morgan fingerprint density at radius 2 is 2.16 bits per heavy atom. The number of methoxy groups -OCH3 is 1. The maximum absolute atomic E-state index is 11.7. The Morgan fingerprint density at radius 3 is 2.79 bits per heavy atom. The van der Waals surface area contributed by atoms with Gasteiger partial charge < -0.3 is 20.1 Å². The fraction of sp³-hybridized carbons (Fsp3) is 0.500. The summed E-state index contributed by atoms with van der Waals surface area (Å²) in [5.41, 5.74) is 1.68. The third-order valence-corrected chi connectivity index (χ3v) is 2.81. The summed E-state index contributed by atoms with van der Waals surface area (Å²) >= 11 is 0. The van der Waals surface area contributed by atoms with E-state index < -0.39 is 6.10 Å². The summed E-state index contributed by atoms with van der Waals surface area (Å²) in [6, 6.07) is 7.52. The third kappa shape index (κ3) is 4.89. The van der Waals surface area contributed by atoms with Crippen molar-refractivity contribution in [3.63, 3.8) is 0 Å². The Bertz CT molecular complexity index is 407. The summed E-state index contributed by atoms with van der Waals surface area (Å²) in [4.78, 5) is 13.5. The monoisotopic (exact) mass is 266 g/mol. The minimum atomic E-state index is -0.560. The van der Waals surface area contributed by atoms with E-state index in [-0.39, 0.29) is 12.5 Å². The predicted octanol–water partition coefficient (Wildman–Crippen LogP) is 0.939. The minimum absolute atomic E-state index is 0.0695. The van der Waals surface area contributed by atoms with Crippen molar-refractivity contribution in [2.24, 2.45) is 0 Å². The number of ether oxygens (including phenoxy) is 1. The first-order chi connectivity index (χ1) is 9.06. The molecule has 0 fully saturated rings. The molecule has 106 valence electrons. The molecule has 19 heavy (non-hydrogen) atoms. The van der Waals surface area contributed by atoms with E-state index in [9.17, 15) is 9.90 Å². The van der Waals surface area contributed by atoms with Crippen LogP contribution in [0.15, 0.2) is 24.3 Å². The molecule has 1 aromatic rings. The molecule has 5 heteroatoms. The van der Waals surface area contributed by atoms with Gasteiger partial charge >= 0.3 is 0 Å². The van der Waals surface area contributed by atoms with Gasteiger partial charge in [0, 0.05) is 32.0 Å². The average molecular weight is 266 g/mol. The lowest BCUT2D eigenvalue weighted by Gasteiger charge is -2.23. The number of anilines is 1. The molecule has 0 saturated carbocycles. The second-order valence-corrected chi connectivity index (χ2v) is 4.43. The first kappa shape index (κ1) is 15.5. The van der Waals surface area contributed by atoms with Gasteiger partial charge in [-0.25, -0.2) is 0 Å². The highest BCUT2D eigenvalue weighted by atomic mass is 16.5. The van der Waals surface area contributed by atoms with Gasteiger partial charge in [0.05, 0.1) is 19.3 Å². The zero-order valence-corrected chi connectivity index (χ0v) is 11.7. The Kier molecular flexibility index (Phi) is 6.32. The van der Waals surface area contributed by atoms with Crippen LogP contribution in [0.2, 0.25) is 0 Å². The summed E-state index contributed by atoms with van der Waals surface area (Å²) in [6.07, 6.45) is -0.560. The number of amides is 1. The number of likely N-dealkylation sites (N-methyl/N-ethyl adjacent to an activating group) is 1. The molecule has 0 aliphatic heterocycles.